The normalized spacial score (nSPS) is 11.0. The summed E-state index contributed by atoms with van der Waals surface area (Å²) in [7, 11) is 0. The molecule has 0 atom stereocenters. The topological polar surface area (TPSA) is 80.9 Å². The number of hydrogen-bond donors (Lipinski definition) is 4. The molecule has 0 aromatic heterocycles. The minimum atomic E-state index is -0.186. The zero-order chi connectivity index (χ0) is 13.8. The van der Waals surface area contributed by atoms with Gasteiger partial charge in [0.15, 0.2) is 11.5 Å². The van der Waals surface area contributed by atoms with Gasteiger partial charge in [-0.15, -0.1) is 0 Å². The maximum atomic E-state index is 9.48. The van der Waals surface area contributed by atoms with Gasteiger partial charge in [0.25, 0.3) is 0 Å². The van der Waals surface area contributed by atoms with Crippen molar-refractivity contribution in [2.24, 2.45) is 0 Å². The molecule has 2 aromatic rings. The molecule has 19 heavy (non-hydrogen) atoms. The third-order valence-corrected chi connectivity index (χ3v) is 2.65. The van der Waals surface area contributed by atoms with Crippen LogP contribution in [0.5, 0.6) is 17.2 Å². The van der Waals surface area contributed by atoms with E-state index in [0.717, 1.165) is 5.56 Å². The number of benzene rings is 2. The molecule has 0 aliphatic rings. The molecule has 0 bridgehead atoms. The molecule has 0 spiro atoms. The van der Waals surface area contributed by atoms with Crippen LogP contribution in [-0.2, 0) is 6.61 Å². The van der Waals surface area contributed by atoms with Crippen molar-refractivity contribution >= 4 is 12.2 Å². The second-order valence-corrected chi connectivity index (χ2v) is 4.17. The average molecular weight is 258 g/mol. The van der Waals surface area contributed by atoms with Crippen molar-refractivity contribution in [2.75, 3.05) is 0 Å². The molecule has 0 aliphatic carbocycles. The van der Waals surface area contributed by atoms with Gasteiger partial charge in [-0.25, -0.2) is 0 Å². The van der Waals surface area contributed by atoms with Gasteiger partial charge in [-0.2, -0.15) is 0 Å². The zero-order valence-electron chi connectivity index (χ0n) is 10.1. The number of phenolic OH excluding ortho intramolecular Hbond substituents is 3. The van der Waals surface area contributed by atoms with Gasteiger partial charge in [-0.05, 0) is 47.0 Å². The van der Waals surface area contributed by atoms with E-state index in [2.05, 4.69) is 0 Å². The van der Waals surface area contributed by atoms with Crippen molar-refractivity contribution < 1.29 is 20.4 Å². The molecule has 4 nitrogen and oxygen atoms in total. The van der Waals surface area contributed by atoms with Crippen molar-refractivity contribution in [1.82, 2.24) is 0 Å². The number of rotatable bonds is 3. The van der Waals surface area contributed by atoms with E-state index in [4.69, 9.17) is 5.11 Å². The largest absolute Gasteiger partial charge is 0.508 e. The Morgan fingerprint density at radius 2 is 1.53 bits per heavy atom. The van der Waals surface area contributed by atoms with Gasteiger partial charge < -0.3 is 20.4 Å². The van der Waals surface area contributed by atoms with Crippen LogP contribution in [-0.4, -0.2) is 20.4 Å². The smallest absolute Gasteiger partial charge is 0.157 e. The van der Waals surface area contributed by atoms with Gasteiger partial charge in [-0.1, -0.05) is 18.2 Å². The van der Waals surface area contributed by atoms with Crippen LogP contribution in [0.4, 0.5) is 0 Å². The van der Waals surface area contributed by atoms with Crippen LogP contribution in [0.3, 0.4) is 0 Å². The van der Waals surface area contributed by atoms with E-state index in [1.807, 2.05) is 0 Å². The second kappa shape index (κ2) is 5.46. The lowest BCUT2D eigenvalue weighted by Gasteiger charge is -2.02. The first-order valence-corrected chi connectivity index (χ1v) is 5.72. The lowest BCUT2D eigenvalue weighted by Crippen LogP contribution is -1.84. The molecule has 0 aliphatic heterocycles. The van der Waals surface area contributed by atoms with Gasteiger partial charge in [-0.3, -0.25) is 0 Å². The standard InChI is InChI=1S/C15H14O4/c16-9-12-5-11(6-13(17)7-12)2-1-10-3-4-14(18)15(19)8-10/h1-8,16-19H,9H2/b2-1+. The highest BCUT2D eigenvalue weighted by atomic mass is 16.3. The molecule has 0 unspecified atom stereocenters. The summed E-state index contributed by atoms with van der Waals surface area (Å²) in [6, 6.07) is 9.29. The number of aliphatic hydroxyl groups excluding tert-OH is 1. The molecule has 4 heteroatoms. The van der Waals surface area contributed by atoms with E-state index >= 15 is 0 Å². The fraction of sp³-hybridized carbons (Fsp3) is 0.0667. The van der Waals surface area contributed by atoms with E-state index in [9.17, 15) is 15.3 Å². The summed E-state index contributed by atoms with van der Waals surface area (Å²) in [5.74, 6) is -0.272. The maximum absolute atomic E-state index is 9.48. The summed E-state index contributed by atoms with van der Waals surface area (Å²) in [5.41, 5.74) is 2.06. The summed E-state index contributed by atoms with van der Waals surface area (Å²) < 4.78 is 0. The van der Waals surface area contributed by atoms with Crippen molar-refractivity contribution in [2.45, 2.75) is 6.61 Å². The van der Waals surface area contributed by atoms with Crippen LogP contribution in [0.25, 0.3) is 12.2 Å². The van der Waals surface area contributed by atoms with Gasteiger partial charge in [0.2, 0.25) is 0 Å². The summed E-state index contributed by atoms with van der Waals surface area (Å²) in [6.07, 6.45) is 3.47. The van der Waals surface area contributed by atoms with Crippen molar-refractivity contribution in [3.63, 3.8) is 0 Å². The number of hydrogen-bond acceptors (Lipinski definition) is 4. The Morgan fingerprint density at radius 3 is 2.21 bits per heavy atom. The van der Waals surface area contributed by atoms with Crippen LogP contribution in [0.1, 0.15) is 16.7 Å². The van der Waals surface area contributed by atoms with E-state index in [1.54, 1.807) is 30.4 Å². The van der Waals surface area contributed by atoms with Gasteiger partial charge in [0.1, 0.15) is 5.75 Å². The Balaban J connectivity index is 2.26. The average Bonchev–Trinajstić information content (AvgIpc) is 2.39. The summed E-state index contributed by atoms with van der Waals surface area (Å²) in [6.45, 7) is -0.144. The van der Waals surface area contributed by atoms with Crippen molar-refractivity contribution in [3.05, 3.63) is 53.1 Å². The van der Waals surface area contributed by atoms with E-state index < -0.39 is 0 Å². The first kappa shape index (κ1) is 13.0. The number of phenols is 3. The number of aliphatic hydroxyl groups is 1. The van der Waals surface area contributed by atoms with Crippen LogP contribution in [0.2, 0.25) is 0 Å². The lowest BCUT2D eigenvalue weighted by molar-refractivity contribution is 0.281. The number of aromatic hydroxyl groups is 3. The van der Waals surface area contributed by atoms with Crippen LogP contribution in [0.15, 0.2) is 36.4 Å². The highest BCUT2D eigenvalue weighted by Crippen LogP contribution is 2.26. The molecule has 0 saturated heterocycles. The molecular formula is C15H14O4. The van der Waals surface area contributed by atoms with Crippen molar-refractivity contribution in [1.29, 1.82) is 0 Å². The molecule has 0 fully saturated rings. The molecule has 2 rings (SSSR count). The Labute approximate surface area is 110 Å². The van der Waals surface area contributed by atoms with Crippen molar-refractivity contribution in [3.8, 4) is 17.2 Å². The summed E-state index contributed by atoms with van der Waals surface area (Å²) in [5, 5.41) is 37.1. The highest BCUT2D eigenvalue weighted by molar-refractivity contribution is 5.71. The van der Waals surface area contributed by atoms with Gasteiger partial charge in [0, 0.05) is 0 Å². The molecule has 0 saturated carbocycles. The van der Waals surface area contributed by atoms with Gasteiger partial charge >= 0.3 is 0 Å². The summed E-state index contributed by atoms with van der Waals surface area (Å²) in [4.78, 5) is 0. The van der Waals surface area contributed by atoms with Gasteiger partial charge in [0.05, 0.1) is 6.61 Å². The molecular weight excluding hydrogens is 244 g/mol. The lowest BCUT2D eigenvalue weighted by atomic mass is 10.1. The monoisotopic (exact) mass is 258 g/mol. The fourth-order valence-corrected chi connectivity index (χ4v) is 1.72. The second-order valence-electron chi connectivity index (χ2n) is 4.17. The Kier molecular flexibility index (Phi) is 3.73. The predicted octanol–water partition coefficient (Wildman–Crippen LogP) is 2.47. The quantitative estimate of drug-likeness (QED) is 0.503. The van der Waals surface area contributed by atoms with E-state index in [0.29, 0.717) is 11.1 Å². The molecule has 2 aromatic carbocycles. The van der Waals surface area contributed by atoms with Crippen LogP contribution < -0.4 is 0 Å². The minimum absolute atomic E-state index is 0.0831. The third-order valence-electron chi connectivity index (χ3n) is 2.65. The predicted molar refractivity (Wildman–Crippen MR) is 72.7 cm³/mol. The zero-order valence-corrected chi connectivity index (χ0v) is 10.1. The van der Waals surface area contributed by atoms with Crippen LogP contribution in [0, 0.1) is 0 Å². The first-order chi connectivity index (χ1) is 9.08. The van der Waals surface area contributed by atoms with Crippen LogP contribution >= 0.6 is 0 Å². The molecule has 0 heterocycles. The Morgan fingerprint density at radius 1 is 0.789 bits per heavy atom. The fourth-order valence-electron chi connectivity index (χ4n) is 1.72. The minimum Gasteiger partial charge on any atom is -0.508 e. The SMILES string of the molecule is OCc1cc(O)cc(/C=C/c2ccc(O)c(O)c2)c1. The summed E-state index contributed by atoms with van der Waals surface area (Å²) >= 11 is 0. The van der Waals surface area contributed by atoms with E-state index in [-0.39, 0.29) is 23.9 Å². The third kappa shape index (κ3) is 3.26. The molecule has 4 N–H and O–H groups in total. The molecule has 0 radical (unpaired) electrons. The molecule has 98 valence electrons. The Hall–Kier alpha value is -2.46. The Bertz CT molecular complexity index is 618. The molecule has 0 amide bonds. The first-order valence-electron chi connectivity index (χ1n) is 5.72. The van der Waals surface area contributed by atoms with E-state index in [1.165, 1.54) is 18.2 Å². The maximum Gasteiger partial charge on any atom is 0.157 e. The highest BCUT2D eigenvalue weighted by Gasteiger charge is 1.99.